The Balaban J connectivity index is 3.24. The van der Waals surface area contributed by atoms with Gasteiger partial charge >= 0.3 is 0 Å². The zero-order valence-electron chi connectivity index (χ0n) is 7.67. The van der Waals surface area contributed by atoms with E-state index in [1.165, 1.54) is 18.2 Å². The van der Waals surface area contributed by atoms with Gasteiger partial charge in [0.25, 0.3) is 0 Å². The zero-order valence-corrected chi connectivity index (χ0v) is 8.49. The highest BCUT2D eigenvalue weighted by Crippen LogP contribution is 2.12. The standard InChI is InChI=1S/C9H8N2O3S/c10-4-5-15(13,14)8-3-1-2-7(6-8)9(11)12/h1-3,6H,5H2,(H2,11,12). The molecule has 0 saturated carbocycles. The van der Waals surface area contributed by atoms with Gasteiger partial charge in [-0.25, -0.2) is 8.42 Å². The number of amides is 1. The number of hydrogen-bond acceptors (Lipinski definition) is 4. The fraction of sp³-hybridized carbons (Fsp3) is 0.111. The van der Waals surface area contributed by atoms with E-state index in [1.807, 2.05) is 0 Å². The molecule has 0 aliphatic heterocycles. The maximum absolute atomic E-state index is 11.4. The van der Waals surface area contributed by atoms with Crippen LogP contribution in [0, 0.1) is 11.3 Å². The van der Waals surface area contributed by atoms with Crippen molar-refractivity contribution in [3.8, 4) is 6.07 Å². The van der Waals surface area contributed by atoms with Gasteiger partial charge in [0.1, 0.15) is 5.75 Å². The number of rotatable bonds is 3. The van der Waals surface area contributed by atoms with Gasteiger partial charge in [0.05, 0.1) is 11.0 Å². The number of nitrogens with two attached hydrogens (primary N) is 1. The number of benzene rings is 1. The number of nitrogens with zero attached hydrogens (tertiary/aromatic N) is 1. The molecule has 5 nitrogen and oxygen atoms in total. The fourth-order valence-electron chi connectivity index (χ4n) is 1.01. The first kappa shape index (κ1) is 11.2. The molecule has 1 aromatic carbocycles. The van der Waals surface area contributed by atoms with E-state index in [4.69, 9.17) is 11.0 Å². The van der Waals surface area contributed by atoms with Crippen LogP contribution in [0.1, 0.15) is 10.4 Å². The van der Waals surface area contributed by atoms with Crippen molar-refractivity contribution in [2.24, 2.45) is 5.73 Å². The highest BCUT2D eigenvalue weighted by molar-refractivity contribution is 7.91. The Morgan fingerprint density at radius 2 is 2.13 bits per heavy atom. The molecule has 1 amide bonds. The first-order valence-electron chi connectivity index (χ1n) is 3.97. The van der Waals surface area contributed by atoms with Gasteiger partial charge in [-0.2, -0.15) is 5.26 Å². The van der Waals surface area contributed by atoms with Gasteiger partial charge in [-0.1, -0.05) is 6.07 Å². The van der Waals surface area contributed by atoms with Gasteiger partial charge in [-0.05, 0) is 18.2 Å². The summed E-state index contributed by atoms with van der Waals surface area (Å²) in [6.45, 7) is 0. The van der Waals surface area contributed by atoms with E-state index in [2.05, 4.69) is 0 Å². The van der Waals surface area contributed by atoms with E-state index >= 15 is 0 Å². The average Bonchev–Trinajstić information content (AvgIpc) is 2.18. The molecule has 0 aromatic heterocycles. The van der Waals surface area contributed by atoms with Crippen LogP contribution in [0.4, 0.5) is 0 Å². The van der Waals surface area contributed by atoms with Crippen LogP contribution in [0.3, 0.4) is 0 Å². The van der Waals surface area contributed by atoms with Crippen LogP contribution in [0.2, 0.25) is 0 Å². The summed E-state index contributed by atoms with van der Waals surface area (Å²) in [5.41, 5.74) is 5.11. The summed E-state index contributed by atoms with van der Waals surface area (Å²) in [6, 6.07) is 6.85. The molecular formula is C9H8N2O3S. The molecule has 1 rings (SSSR count). The van der Waals surface area contributed by atoms with Crippen LogP contribution < -0.4 is 5.73 Å². The Hall–Kier alpha value is -1.87. The van der Waals surface area contributed by atoms with Crippen LogP contribution in [-0.4, -0.2) is 20.1 Å². The summed E-state index contributed by atoms with van der Waals surface area (Å²) < 4.78 is 22.9. The summed E-state index contributed by atoms with van der Waals surface area (Å²) in [6.07, 6.45) is 0. The summed E-state index contributed by atoms with van der Waals surface area (Å²) in [5, 5.41) is 8.32. The highest BCUT2D eigenvalue weighted by atomic mass is 32.2. The molecule has 0 aliphatic carbocycles. The van der Waals surface area contributed by atoms with E-state index in [-0.39, 0.29) is 10.5 Å². The third-order valence-electron chi connectivity index (χ3n) is 1.73. The molecule has 0 fully saturated rings. The van der Waals surface area contributed by atoms with E-state index in [0.29, 0.717) is 0 Å². The molecule has 1 aromatic rings. The number of primary amides is 1. The quantitative estimate of drug-likeness (QED) is 0.785. The van der Waals surface area contributed by atoms with Gasteiger partial charge < -0.3 is 5.73 Å². The maximum Gasteiger partial charge on any atom is 0.248 e. The van der Waals surface area contributed by atoms with Crippen LogP contribution >= 0.6 is 0 Å². The second kappa shape index (κ2) is 4.11. The number of carbonyl (C=O) groups is 1. The van der Waals surface area contributed by atoms with Crippen molar-refractivity contribution >= 4 is 15.7 Å². The van der Waals surface area contributed by atoms with Crippen molar-refractivity contribution in [3.63, 3.8) is 0 Å². The van der Waals surface area contributed by atoms with Crippen molar-refractivity contribution < 1.29 is 13.2 Å². The Bertz CT molecular complexity index is 529. The first-order chi connectivity index (χ1) is 6.97. The molecule has 0 bridgehead atoms. The number of hydrogen-bond donors (Lipinski definition) is 1. The zero-order chi connectivity index (χ0) is 11.5. The van der Waals surface area contributed by atoms with Gasteiger partial charge in [-0.3, -0.25) is 4.79 Å². The van der Waals surface area contributed by atoms with E-state index < -0.39 is 21.5 Å². The predicted octanol–water partition coefficient (Wildman–Crippen LogP) is 0.0828. The van der Waals surface area contributed by atoms with E-state index in [0.717, 1.165) is 6.07 Å². The molecule has 0 aliphatic rings. The lowest BCUT2D eigenvalue weighted by atomic mass is 10.2. The molecular weight excluding hydrogens is 216 g/mol. The third kappa shape index (κ3) is 2.54. The van der Waals surface area contributed by atoms with Crippen LogP contribution in [0.5, 0.6) is 0 Å². The molecule has 6 heteroatoms. The van der Waals surface area contributed by atoms with Crippen molar-refractivity contribution in [2.75, 3.05) is 5.75 Å². The van der Waals surface area contributed by atoms with E-state index in [1.54, 1.807) is 6.07 Å². The second-order valence-corrected chi connectivity index (χ2v) is 4.80. The van der Waals surface area contributed by atoms with Crippen LogP contribution in [0.25, 0.3) is 0 Å². The number of carbonyl (C=O) groups excluding carboxylic acids is 1. The summed E-state index contributed by atoms with van der Waals surface area (Å²) >= 11 is 0. The lowest BCUT2D eigenvalue weighted by molar-refractivity contribution is 0.1000. The van der Waals surface area contributed by atoms with Crippen molar-refractivity contribution in [3.05, 3.63) is 29.8 Å². The molecule has 78 valence electrons. The minimum Gasteiger partial charge on any atom is -0.366 e. The predicted molar refractivity (Wildman–Crippen MR) is 52.6 cm³/mol. The first-order valence-corrected chi connectivity index (χ1v) is 5.62. The Kier molecular flexibility index (Phi) is 3.07. The van der Waals surface area contributed by atoms with Crippen molar-refractivity contribution in [1.29, 1.82) is 5.26 Å². The van der Waals surface area contributed by atoms with Crippen molar-refractivity contribution in [2.45, 2.75) is 4.90 Å². The minimum absolute atomic E-state index is 0.0691. The maximum atomic E-state index is 11.4. The SMILES string of the molecule is N#CCS(=O)(=O)c1cccc(C(N)=O)c1. The summed E-state index contributed by atoms with van der Waals surface area (Å²) in [5.74, 6) is -1.32. The molecule has 0 atom stereocenters. The average molecular weight is 224 g/mol. The molecule has 0 heterocycles. The van der Waals surface area contributed by atoms with Gasteiger partial charge in [0.15, 0.2) is 9.84 Å². The highest BCUT2D eigenvalue weighted by Gasteiger charge is 2.14. The second-order valence-electron chi connectivity index (χ2n) is 2.81. The molecule has 0 spiro atoms. The van der Waals surface area contributed by atoms with Gasteiger partial charge in [0.2, 0.25) is 5.91 Å². The van der Waals surface area contributed by atoms with Crippen molar-refractivity contribution in [1.82, 2.24) is 0 Å². The fourth-order valence-corrected chi connectivity index (χ4v) is 1.94. The molecule has 2 N–H and O–H groups in total. The van der Waals surface area contributed by atoms with Crippen LogP contribution in [0.15, 0.2) is 29.2 Å². The monoisotopic (exact) mass is 224 g/mol. The molecule has 0 saturated heterocycles. The Morgan fingerprint density at radius 3 is 2.67 bits per heavy atom. The smallest absolute Gasteiger partial charge is 0.248 e. The molecule has 0 radical (unpaired) electrons. The summed E-state index contributed by atoms with van der Waals surface area (Å²) in [7, 11) is -3.64. The largest absolute Gasteiger partial charge is 0.366 e. The minimum atomic E-state index is -3.64. The van der Waals surface area contributed by atoms with E-state index in [9.17, 15) is 13.2 Å². The lowest BCUT2D eigenvalue weighted by Gasteiger charge is -2.01. The Morgan fingerprint density at radius 1 is 1.47 bits per heavy atom. The Labute approximate surface area is 87.0 Å². The normalized spacial score (nSPS) is 10.6. The molecule has 0 unspecified atom stereocenters. The number of sulfone groups is 1. The summed E-state index contributed by atoms with van der Waals surface area (Å²) in [4.78, 5) is 10.7. The topological polar surface area (TPSA) is 101 Å². The third-order valence-corrected chi connectivity index (χ3v) is 3.21. The van der Waals surface area contributed by atoms with Gasteiger partial charge in [-0.15, -0.1) is 0 Å². The number of nitriles is 1. The van der Waals surface area contributed by atoms with Gasteiger partial charge in [0, 0.05) is 5.56 Å². The van der Waals surface area contributed by atoms with Crippen LogP contribution in [-0.2, 0) is 9.84 Å². The lowest BCUT2D eigenvalue weighted by Crippen LogP contribution is -2.12. The molecule has 15 heavy (non-hydrogen) atoms.